The fraction of sp³-hybridized carbons (Fsp3) is 0.410. The standard InChI is InChI=1S/C39H47N3O8S/c1-7-38(3,4)27-15-20-35(33(25-27)39(5,6)8-2)50-22-11-21-40-37(44)32-26-34(30-13-9-10-14-31(30)36(32)43)41-51(47,48)24-12-23-49-29-18-16-28(17-19-29)42(45)46/h9-10,13-20,25-26H,7-8,11-12,21-24H2,1-6H3,(H,40,44)/b41-34+. The van der Waals surface area contributed by atoms with Gasteiger partial charge in [-0.2, -0.15) is 4.40 Å². The van der Waals surface area contributed by atoms with Crippen LogP contribution in [0.5, 0.6) is 11.5 Å². The van der Waals surface area contributed by atoms with Gasteiger partial charge in [0.15, 0.2) is 5.78 Å². The van der Waals surface area contributed by atoms with E-state index in [0.717, 1.165) is 24.2 Å². The van der Waals surface area contributed by atoms with Gasteiger partial charge < -0.3 is 14.8 Å². The van der Waals surface area contributed by atoms with Crippen molar-refractivity contribution in [2.45, 2.75) is 78.1 Å². The van der Waals surface area contributed by atoms with E-state index < -0.39 is 26.6 Å². The van der Waals surface area contributed by atoms with Gasteiger partial charge in [-0.15, -0.1) is 0 Å². The summed E-state index contributed by atoms with van der Waals surface area (Å²) in [7, 11) is -4.03. The van der Waals surface area contributed by atoms with Crippen LogP contribution < -0.4 is 14.8 Å². The number of hydrogen-bond donors (Lipinski definition) is 1. The summed E-state index contributed by atoms with van der Waals surface area (Å²) in [6.45, 7) is 13.8. The first-order valence-corrected chi connectivity index (χ1v) is 18.8. The van der Waals surface area contributed by atoms with E-state index in [1.165, 1.54) is 42.0 Å². The van der Waals surface area contributed by atoms with E-state index in [4.69, 9.17) is 9.47 Å². The Labute approximate surface area is 300 Å². The lowest BCUT2D eigenvalue weighted by Gasteiger charge is -2.30. The van der Waals surface area contributed by atoms with E-state index in [1.54, 1.807) is 18.2 Å². The molecule has 1 amide bonds. The van der Waals surface area contributed by atoms with Gasteiger partial charge in [0.2, 0.25) is 0 Å². The lowest BCUT2D eigenvalue weighted by molar-refractivity contribution is -0.384. The average Bonchev–Trinajstić information content (AvgIpc) is 3.11. The van der Waals surface area contributed by atoms with Crippen molar-refractivity contribution in [3.63, 3.8) is 0 Å². The molecule has 0 saturated carbocycles. The van der Waals surface area contributed by atoms with Gasteiger partial charge in [-0.05, 0) is 66.4 Å². The van der Waals surface area contributed by atoms with Crippen LogP contribution in [0, 0.1) is 10.1 Å². The highest BCUT2D eigenvalue weighted by Gasteiger charge is 2.30. The highest BCUT2D eigenvalue weighted by Crippen LogP contribution is 2.38. The number of ether oxygens (including phenoxy) is 2. The number of nitrogens with one attached hydrogen (secondary N) is 1. The van der Waals surface area contributed by atoms with Gasteiger partial charge in [0, 0.05) is 35.4 Å². The van der Waals surface area contributed by atoms with E-state index in [-0.39, 0.29) is 58.7 Å². The van der Waals surface area contributed by atoms with Crippen molar-refractivity contribution in [2.75, 3.05) is 25.5 Å². The molecule has 0 aromatic heterocycles. The van der Waals surface area contributed by atoms with Crippen LogP contribution in [0.25, 0.3) is 0 Å². The Kier molecular flexibility index (Phi) is 12.6. The Morgan fingerprint density at radius 1 is 0.882 bits per heavy atom. The number of carbonyl (C=O) groups is 2. The molecule has 4 rings (SSSR count). The number of nitrogens with zero attached hydrogens (tertiary/aromatic N) is 2. The lowest BCUT2D eigenvalue weighted by atomic mass is 9.76. The largest absolute Gasteiger partial charge is 0.494 e. The molecule has 3 aromatic carbocycles. The molecular weight excluding hydrogens is 671 g/mol. The summed E-state index contributed by atoms with van der Waals surface area (Å²) in [6, 6.07) is 18.3. The smallest absolute Gasteiger partial charge is 0.269 e. The summed E-state index contributed by atoms with van der Waals surface area (Å²) in [5, 5.41) is 13.6. The maximum atomic E-state index is 13.3. The molecule has 1 N–H and O–H groups in total. The van der Waals surface area contributed by atoms with Gasteiger partial charge in [-0.25, -0.2) is 8.42 Å². The molecule has 0 saturated heterocycles. The molecule has 0 radical (unpaired) electrons. The number of ketones is 1. The molecule has 0 spiro atoms. The summed E-state index contributed by atoms with van der Waals surface area (Å²) < 4.78 is 41.7. The van der Waals surface area contributed by atoms with Crippen LogP contribution in [0.2, 0.25) is 0 Å². The number of hydrogen-bond acceptors (Lipinski definition) is 8. The number of sulfonamides is 1. The van der Waals surface area contributed by atoms with E-state index in [0.29, 0.717) is 24.3 Å². The Morgan fingerprint density at radius 2 is 1.53 bits per heavy atom. The topological polar surface area (TPSA) is 154 Å². The maximum absolute atomic E-state index is 13.3. The summed E-state index contributed by atoms with van der Waals surface area (Å²) in [5.74, 6) is -0.329. The molecule has 272 valence electrons. The lowest BCUT2D eigenvalue weighted by Crippen LogP contribution is -2.33. The Balaban J connectivity index is 1.39. The first-order valence-electron chi connectivity index (χ1n) is 17.2. The van der Waals surface area contributed by atoms with Crippen LogP contribution in [0.3, 0.4) is 0 Å². The van der Waals surface area contributed by atoms with Crippen molar-refractivity contribution < 1.29 is 32.4 Å². The summed E-state index contributed by atoms with van der Waals surface area (Å²) in [6.07, 6.45) is 3.74. The van der Waals surface area contributed by atoms with Crippen LogP contribution >= 0.6 is 0 Å². The molecule has 0 unspecified atom stereocenters. The Morgan fingerprint density at radius 3 is 2.18 bits per heavy atom. The second-order valence-electron chi connectivity index (χ2n) is 13.8. The first kappa shape index (κ1) is 39.0. The number of allylic oxidation sites excluding steroid dienone is 1. The predicted octanol–water partition coefficient (Wildman–Crippen LogP) is 7.27. The molecule has 0 fully saturated rings. The van der Waals surface area contributed by atoms with Crippen LogP contribution in [0.15, 0.2) is 82.8 Å². The normalized spacial score (nSPS) is 14.1. The minimum Gasteiger partial charge on any atom is -0.494 e. The minimum absolute atomic E-state index is 0.00395. The third-order valence-electron chi connectivity index (χ3n) is 9.44. The van der Waals surface area contributed by atoms with Crippen molar-refractivity contribution >= 4 is 33.1 Å². The zero-order valence-corrected chi connectivity index (χ0v) is 31.0. The predicted molar refractivity (Wildman–Crippen MR) is 199 cm³/mol. The third-order valence-corrected chi connectivity index (χ3v) is 10.7. The highest BCUT2D eigenvalue weighted by atomic mass is 32.2. The Hall–Kier alpha value is -4.84. The first-order chi connectivity index (χ1) is 24.1. The van der Waals surface area contributed by atoms with Gasteiger partial charge in [-0.1, -0.05) is 77.9 Å². The Bertz CT molecular complexity index is 1930. The van der Waals surface area contributed by atoms with Gasteiger partial charge in [0.05, 0.1) is 35.2 Å². The highest BCUT2D eigenvalue weighted by molar-refractivity contribution is 7.90. The molecule has 51 heavy (non-hydrogen) atoms. The second kappa shape index (κ2) is 16.5. The van der Waals surface area contributed by atoms with Crippen LogP contribution in [-0.4, -0.2) is 56.3 Å². The molecule has 0 bridgehead atoms. The van der Waals surface area contributed by atoms with Gasteiger partial charge in [-0.3, -0.25) is 19.7 Å². The van der Waals surface area contributed by atoms with E-state index in [1.807, 2.05) is 6.07 Å². The maximum Gasteiger partial charge on any atom is 0.269 e. The number of Topliss-reactive ketones (excluding diaryl/α,β-unsaturated/α-hetero) is 1. The van der Waals surface area contributed by atoms with Crippen molar-refractivity contribution in [3.05, 3.63) is 111 Å². The van der Waals surface area contributed by atoms with Gasteiger partial charge >= 0.3 is 0 Å². The number of fused-ring (bicyclic) bond motifs is 1. The molecule has 1 aliphatic rings. The number of amides is 1. The molecule has 12 heteroatoms. The van der Waals surface area contributed by atoms with Crippen molar-refractivity contribution in [3.8, 4) is 11.5 Å². The van der Waals surface area contributed by atoms with Crippen LogP contribution in [0.4, 0.5) is 5.69 Å². The van der Waals surface area contributed by atoms with Crippen molar-refractivity contribution in [1.82, 2.24) is 5.32 Å². The quantitative estimate of drug-likeness (QED) is 0.0662. The summed E-state index contributed by atoms with van der Waals surface area (Å²) in [4.78, 5) is 36.9. The van der Waals surface area contributed by atoms with Crippen molar-refractivity contribution in [2.24, 2.45) is 4.40 Å². The zero-order valence-electron chi connectivity index (χ0n) is 30.2. The number of carbonyl (C=O) groups excluding carboxylic acids is 2. The van der Waals surface area contributed by atoms with Crippen molar-refractivity contribution in [1.29, 1.82) is 0 Å². The van der Waals surface area contributed by atoms with E-state index in [2.05, 4.69) is 63.4 Å². The second-order valence-corrected chi connectivity index (χ2v) is 15.5. The molecule has 1 aliphatic carbocycles. The van der Waals surface area contributed by atoms with E-state index >= 15 is 0 Å². The average molecular weight is 718 g/mol. The molecule has 0 aliphatic heterocycles. The SMILES string of the molecule is CCC(C)(C)c1ccc(OCCCNC(=O)C2=C/C(=N\S(=O)(=O)CCCOc3ccc([N+](=O)[O-])cc3)c3ccccc3C2=O)c(C(C)(C)CC)c1. The number of nitro groups is 1. The number of rotatable bonds is 17. The van der Waals surface area contributed by atoms with Crippen LogP contribution in [0.1, 0.15) is 94.3 Å². The third kappa shape index (κ3) is 9.90. The summed E-state index contributed by atoms with van der Waals surface area (Å²) >= 11 is 0. The molecule has 3 aromatic rings. The number of non-ortho nitro benzene ring substituents is 1. The fourth-order valence-electron chi connectivity index (χ4n) is 5.42. The van der Waals surface area contributed by atoms with Gasteiger partial charge in [0.1, 0.15) is 11.5 Å². The molecular formula is C39H47N3O8S. The van der Waals surface area contributed by atoms with E-state index in [9.17, 15) is 28.1 Å². The summed E-state index contributed by atoms with van der Waals surface area (Å²) in [5.41, 5.74) is 2.56. The van der Waals surface area contributed by atoms with Gasteiger partial charge in [0.25, 0.3) is 21.6 Å². The zero-order chi connectivity index (χ0) is 37.4. The minimum atomic E-state index is -4.03. The number of benzene rings is 3. The fourth-order valence-corrected chi connectivity index (χ4v) is 6.44. The monoisotopic (exact) mass is 717 g/mol. The molecule has 0 atom stereocenters. The number of nitro benzene ring substituents is 1. The molecule has 11 nitrogen and oxygen atoms in total. The van der Waals surface area contributed by atoms with Crippen LogP contribution in [-0.2, 0) is 25.6 Å². The molecule has 0 heterocycles.